The Kier molecular flexibility index (Phi) is 2.41. The van der Waals surface area contributed by atoms with E-state index in [2.05, 4.69) is 0 Å². The SMILES string of the molecule is OB(O)C1=C(F)CCC(F)=C1. The van der Waals surface area contributed by atoms with Crippen molar-refractivity contribution in [1.82, 2.24) is 0 Å². The fraction of sp³-hybridized carbons (Fsp3) is 0.333. The Bertz CT molecular complexity index is 223. The Balaban J connectivity index is 2.89. The average molecular weight is 160 g/mol. The zero-order chi connectivity index (χ0) is 8.43. The molecule has 0 saturated heterocycles. The van der Waals surface area contributed by atoms with E-state index in [1.807, 2.05) is 0 Å². The lowest BCUT2D eigenvalue weighted by Gasteiger charge is -2.09. The third-order valence-corrected chi connectivity index (χ3v) is 1.49. The molecular weight excluding hydrogens is 153 g/mol. The maximum absolute atomic E-state index is 12.6. The highest BCUT2D eigenvalue weighted by Crippen LogP contribution is 2.25. The van der Waals surface area contributed by atoms with Crippen LogP contribution in [0, 0.1) is 0 Å². The Morgan fingerprint density at radius 1 is 1.27 bits per heavy atom. The molecule has 0 aromatic heterocycles. The number of hydrogen-bond acceptors (Lipinski definition) is 2. The molecule has 0 amide bonds. The van der Waals surface area contributed by atoms with Gasteiger partial charge in [0.2, 0.25) is 0 Å². The van der Waals surface area contributed by atoms with E-state index in [9.17, 15) is 8.78 Å². The van der Waals surface area contributed by atoms with Gasteiger partial charge in [0, 0.05) is 18.3 Å². The molecule has 0 aliphatic heterocycles. The standard InChI is InChI=1S/C6H7BF2O2/c8-4-1-2-6(9)5(3-4)7(10)11/h3,10-11H,1-2H2. The Labute approximate surface area is 63.0 Å². The summed E-state index contributed by atoms with van der Waals surface area (Å²) >= 11 is 0. The smallest absolute Gasteiger partial charge is 0.423 e. The van der Waals surface area contributed by atoms with Crippen molar-refractivity contribution in [2.75, 3.05) is 0 Å². The predicted octanol–water partition coefficient (Wildman–Crippen LogP) is 0.869. The first-order chi connectivity index (χ1) is 5.11. The van der Waals surface area contributed by atoms with E-state index in [1.165, 1.54) is 0 Å². The van der Waals surface area contributed by atoms with Crippen molar-refractivity contribution >= 4 is 7.12 Å². The molecule has 11 heavy (non-hydrogen) atoms. The summed E-state index contributed by atoms with van der Waals surface area (Å²) in [5.41, 5.74) is -0.367. The van der Waals surface area contributed by atoms with Crippen LogP contribution in [0.1, 0.15) is 12.8 Å². The zero-order valence-corrected chi connectivity index (χ0v) is 5.72. The molecule has 1 aliphatic carbocycles. The molecule has 0 radical (unpaired) electrons. The first-order valence-corrected chi connectivity index (χ1v) is 3.22. The van der Waals surface area contributed by atoms with Crippen molar-refractivity contribution in [3.05, 3.63) is 23.2 Å². The lowest BCUT2D eigenvalue weighted by Crippen LogP contribution is -2.17. The van der Waals surface area contributed by atoms with E-state index >= 15 is 0 Å². The first-order valence-electron chi connectivity index (χ1n) is 3.22. The molecule has 2 N–H and O–H groups in total. The minimum atomic E-state index is -1.92. The average Bonchev–Trinajstić information content (AvgIpc) is 1.94. The summed E-state index contributed by atoms with van der Waals surface area (Å²) in [6.45, 7) is 0. The van der Waals surface area contributed by atoms with Crippen LogP contribution in [0.2, 0.25) is 0 Å². The molecule has 5 heteroatoms. The lowest BCUT2D eigenvalue weighted by atomic mass is 9.76. The monoisotopic (exact) mass is 160 g/mol. The molecule has 2 nitrogen and oxygen atoms in total. The van der Waals surface area contributed by atoms with E-state index < -0.39 is 18.8 Å². The molecule has 0 heterocycles. The molecule has 0 spiro atoms. The van der Waals surface area contributed by atoms with Crippen LogP contribution in [0.5, 0.6) is 0 Å². The van der Waals surface area contributed by atoms with E-state index in [-0.39, 0.29) is 18.3 Å². The highest BCUT2D eigenvalue weighted by atomic mass is 19.1. The van der Waals surface area contributed by atoms with Gasteiger partial charge >= 0.3 is 7.12 Å². The van der Waals surface area contributed by atoms with Crippen molar-refractivity contribution in [2.24, 2.45) is 0 Å². The van der Waals surface area contributed by atoms with Gasteiger partial charge in [0.15, 0.2) is 0 Å². The number of allylic oxidation sites excluding steroid dienone is 4. The van der Waals surface area contributed by atoms with Gasteiger partial charge < -0.3 is 10.0 Å². The lowest BCUT2D eigenvalue weighted by molar-refractivity contribution is 0.413. The van der Waals surface area contributed by atoms with Crippen LogP contribution in [0.25, 0.3) is 0 Å². The second-order valence-electron chi connectivity index (χ2n) is 2.33. The molecule has 1 rings (SSSR count). The second kappa shape index (κ2) is 3.15. The van der Waals surface area contributed by atoms with Gasteiger partial charge in [-0.3, -0.25) is 0 Å². The normalized spacial score (nSPS) is 18.4. The van der Waals surface area contributed by atoms with E-state index in [4.69, 9.17) is 10.0 Å². The minimum Gasteiger partial charge on any atom is -0.423 e. The first kappa shape index (κ1) is 8.42. The maximum Gasteiger partial charge on any atom is 0.491 e. The molecular formula is C6H7BF2O2. The predicted molar refractivity (Wildman–Crippen MR) is 36.8 cm³/mol. The summed E-state index contributed by atoms with van der Waals surface area (Å²) in [5, 5.41) is 17.0. The molecule has 0 bridgehead atoms. The van der Waals surface area contributed by atoms with Gasteiger partial charge in [0.25, 0.3) is 0 Å². The largest absolute Gasteiger partial charge is 0.491 e. The molecule has 60 valence electrons. The van der Waals surface area contributed by atoms with Crippen molar-refractivity contribution < 1.29 is 18.8 Å². The molecule has 0 aromatic carbocycles. The third-order valence-electron chi connectivity index (χ3n) is 1.49. The summed E-state index contributed by atoms with van der Waals surface area (Å²) in [6, 6.07) is 0. The Hall–Kier alpha value is -0.675. The van der Waals surface area contributed by atoms with Crippen LogP contribution < -0.4 is 0 Å². The summed E-state index contributed by atoms with van der Waals surface area (Å²) < 4.78 is 25.0. The van der Waals surface area contributed by atoms with Crippen LogP contribution in [-0.2, 0) is 0 Å². The van der Waals surface area contributed by atoms with Gasteiger partial charge in [0.05, 0.1) is 0 Å². The van der Waals surface area contributed by atoms with Crippen LogP contribution in [-0.4, -0.2) is 17.2 Å². The van der Waals surface area contributed by atoms with Gasteiger partial charge in [0.1, 0.15) is 11.7 Å². The zero-order valence-electron chi connectivity index (χ0n) is 5.72. The summed E-state index contributed by atoms with van der Waals surface area (Å²) in [7, 11) is -1.92. The van der Waals surface area contributed by atoms with Crippen molar-refractivity contribution in [1.29, 1.82) is 0 Å². The second-order valence-corrected chi connectivity index (χ2v) is 2.33. The summed E-state index contributed by atoms with van der Waals surface area (Å²) in [6.07, 6.45) is 0.737. The van der Waals surface area contributed by atoms with Crippen LogP contribution in [0.3, 0.4) is 0 Å². The number of hydrogen-bond donors (Lipinski definition) is 2. The van der Waals surface area contributed by atoms with Crippen molar-refractivity contribution in [3.8, 4) is 0 Å². The topological polar surface area (TPSA) is 40.5 Å². The molecule has 0 fully saturated rings. The van der Waals surface area contributed by atoms with Crippen molar-refractivity contribution in [3.63, 3.8) is 0 Å². The molecule has 0 aromatic rings. The highest BCUT2D eigenvalue weighted by Gasteiger charge is 2.22. The van der Waals surface area contributed by atoms with Gasteiger partial charge in [-0.1, -0.05) is 0 Å². The molecule has 0 atom stereocenters. The summed E-state index contributed by atoms with van der Waals surface area (Å²) in [5.74, 6) is -1.17. The van der Waals surface area contributed by atoms with Crippen molar-refractivity contribution in [2.45, 2.75) is 12.8 Å². The highest BCUT2D eigenvalue weighted by molar-refractivity contribution is 6.52. The van der Waals surface area contributed by atoms with Crippen LogP contribution >= 0.6 is 0 Å². The van der Waals surface area contributed by atoms with E-state index in [0.717, 1.165) is 6.08 Å². The van der Waals surface area contributed by atoms with Gasteiger partial charge in [-0.25, -0.2) is 8.78 Å². The van der Waals surface area contributed by atoms with Gasteiger partial charge in [-0.2, -0.15) is 0 Å². The summed E-state index contributed by atoms with van der Waals surface area (Å²) in [4.78, 5) is 0. The maximum atomic E-state index is 12.6. The van der Waals surface area contributed by atoms with E-state index in [0.29, 0.717) is 0 Å². The molecule has 0 saturated carbocycles. The van der Waals surface area contributed by atoms with Gasteiger partial charge in [-0.05, 0) is 6.08 Å². The Morgan fingerprint density at radius 2 is 1.91 bits per heavy atom. The fourth-order valence-corrected chi connectivity index (χ4v) is 0.907. The van der Waals surface area contributed by atoms with Crippen LogP contribution in [0.4, 0.5) is 8.78 Å². The van der Waals surface area contributed by atoms with Crippen LogP contribution in [0.15, 0.2) is 23.2 Å². The Morgan fingerprint density at radius 3 is 2.36 bits per heavy atom. The quantitative estimate of drug-likeness (QED) is 0.558. The molecule has 1 aliphatic rings. The number of rotatable bonds is 1. The molecule has 0 unspecified atom stereocenters. The minimum absolute atomic E-state index is 0.00204. The van der Waals surface area contributed by atoms with E-state index in [1.54, 1.807) is 0 Å². The number of halogens is 2. The third kappa shape index (κ3) is 1.88. The van der Waals surface area contributed by atoms with Gasteiger partial charge in [-0.15, -0.1) is 0 Å². The fourth-order valence-electron chi connectivity index (χ4n) is 0.907.